The third-order valence-corrected chi connectivity index (χ3v) is 7.59. The first-order chi connectivity index (χ1) is 12.5. The van der Waals surface area contributed by atoms with Crippen molar-refractivity contribution in [3.63, 3.8) is 0 Å². The lowest BCUT2D eigenvalue weighted by Crippen LogP contribution is -2.41. The number of hydrogen-bond acceptors (Lipinski definition) is 0. The number of rotatable bonds is 6. The molecule has 0 spiro atoms. The Labute approximate surface area is 157 Å². The molecule has 2 aromatic carbocycles. The lowest BCUT2D eigenvalue weighted by atomic mass is 9.57. The van der Waals surface area contributed by atoms with Gasteiger partial charge in [-0.25, -0.2) is 4.39 Å². The Hall–Kier alpha value is -1.63. The van der Waals surface area contributed by atoms with E-state index in [0.29, 0.717) is 11.8 Å². The van der Waals surface area contributed by atoms with E-state index in [4.69, 9.17) is 0 Å². The predicted octanol–water partition coefficient (Wildman–Crippen LogP) is 6.81. The fraction of sp³-hybridized carbons (Fsp3) is 0.520. The van der Waals surface area contributed by atoms with Crippen LogP contribution in [0.25, 0.3) is 0 Å². The fourth-order valence-corrected chi connectivity index (χ4v) is 5.28. The van der Waals surface area contributed by atoms with E-state index in [-0.39, 0.29) is 16.6 Å². The van der Waals surface area contributed by atoms with Crippen molar-refractivity contribution in [2.45, 2.75) is 70.1 Å². The van der Waals surface area contributed by atoms with E-state index in [2.05, 4.69) is 63.2 Å². The second-order valence-corrected chi connectivity index (χ2v) is 9.10. The van der Waals surface area contributed by atoms with Crippen molar-refractivity contribution in [3.05, 3.63) is 71.0 Å². The van der Waals surface area contributed by atoms with Gasteiger partial charge in [0.15, 0.2) is 0 Å². The summed E-state index contributed by atoms with van der Waals surface area (Å²) in [5.74, 6) is 1.05. The van der Waals surface area contributed by atoms with Gasteiger partial charge in [-0.15, -0.1) is 0 Å². The van der Waals surface area contributed by atoms with Gasteiger partial charge in [-0.05, 0) is 77.5 Å². The summed E-state index contributed by atoms with van der Waals surface area (Å²) in [6, 6.07) is 17.0. The van der Waals surface area contributed by atoms with Crippen molar-refractivity contribution < 1.29 is 4.39 Å². The molecule has 0 N–H and O–H groups in total. The van der Waals surface area contributed by atoms with E-state index >= 15 is 0 Å². The average molecular weight is 351 g/mol. The molecular formula is C25H31F. The van der Waals surface area contributed by atoms with Gasteiger partial charge in [0.1, 0.15) is 5.82 Å². The lowest BCUT2D eigenvalue weighted by molar-refractivity contribution is 0.155. The zero-order valence-corrected chi connectivity index (χ0v) is 16.4. The largest absolute Gasteiger partial charge is 0.207 e. The normalized spacial score (nSPS) is 21.3. The molecule has 0 heterocycles. The maximum atomic E-state index is 14.9. The minimum atomic E-state index is 0.00353. The average Bonchev–Trinajstić information content (AvgIpc) is 3.39. The van der Waals surface area contributed by atoms with Crippen LogP contribution in [0.3, 0.4) is 0 Å². The van der Waals surface area contributed by atoms with Crippen LogP contribution in [0, 0.1) is 17.7 Å². The van der Waals surface area contributed by atoms with Gasteiger partial charge in [-0.3, -0.25) is 0 Å². The van der Waals surface area contributed by atoms with Crippen LogP contribution in [0.15, 0.2) is 48.5 Å². The van der Waals surface area contributed by atoms with E-state index in [1.807, 2.05) is 6.07 Å². The summed E-state index contributed by atoms with van der Waals surface area (Å²) in [4.78, 5) is 0. The molecule has 2 saturated carbocycles. The van der Waals surface area contributed by atoms with Crippen LogP contribution in [0.2, 0.25) is 0 Å². The molecule has 2 aromatic rings. The molecule has 2 fully saturated rings. The number of benzene rings is 2. The first-order valence-corrected chi connectivity index (χ1v) is 10.3. The molecule has 0 nitrogen and oxygen atoms in total. The number of hydrogen-bond donors (Lipinski definition) is 0. The summed E-state index contributed by atoms with van der Waals surface area (Å²) in [6.45, 7) is 6.85. The molecule has 0 amide bonds. The van der Waals surface area contributed by atoms with Crippen LogP contribution in [0.1, 0.15) is 69.6 Å². The standard InChI is InChI=1S/C25H31F/c1-18(2)24(14-15-24)22-11-10-20(23(26)17-22)16-19(3)25(12-7-13-25)21-8-5-4-6-9-21/h4-6,8-11,17-19H,7,12-16H2,1-3H3. The van der Waals surface area contributed by atoms with Crippen molar-refractivity contribution in [2.75, 3.05) is 0 Å². The first-order valence-electron chi connectivity index (χ1n) is 10.3. The minimum Gasteiger partial charge on any atom is -0.207 e. The third kappa shape index (κ3) is 2.80. The van der Waals surface area contributed by atoms with Gasteiger partial charge >= 0.3 is 0 Å². The summed E-state index contributed by atoms with van der Waals surface area (Å²) in [7, 11) is 0. The van der Waals surface area contributed by atoms with Crippen LogP contribution in [0.5, 0.6) is 0 Å². The second kappa shape index (κ2) is 6.51. The molecule has 4 rings (SSSR count). The highest BCUT2D eigenvalue weighted by atomic mass is 19.1. The summed E-state index contributed by atoms with van der Waals surface area (Å²) >= 11 is 0. The second-order valence-electron chi connectivity index (χ2n) is 9.10. The highest BCUT2D eigenvalue weighted by Crippen LogP contribution is 2.54. The SMILES string of the molecule is CC(C)C1(c2ccc(CC(C)C3(c4ccccc4)CCC3)c(F)c2)CC1. The molecule has 138 valence electrons. The van der Waals surface area contributed by atoms with Crippen molar-refractivity contribution in [1.82, 2.24) is 0 Å². The Morgan fingerprint density at radius 2 is 1.54 bits per heavy atom. The predicted molar refractivity (Wildman–Crippen MR) is 107 cm³/mol. The molecule has 0 radical (unpaired) electrons. The van der Waals surface area contributed by atoms with E-state index in [0.717, 1.165) is 12.0 Å². The van der Waals surface area contributed by atoms with Gasteiger partial charge in [0, 0.05) is 0 Å². The molecule has 0 saturated heterocycles. The third-order valence-electron chi connectivity index (χ3n) is 7.59. The monoisotopic (exact) mass is 350 g/mol. The Kier molecular flexibility index (Phi) is 4.45. The van der Waals surface area contributed by atoms with Gasteiger partial charge in [-0.2, -0.15) is 0 Å². The minimum absolute atomic E-state index is 0.00353. The van der Waals surface area contributed by atoms with Gasteiger partial charge in [-0.1, -0.05) is 69.7 Å². The number of halogens is 1. The van der Waals surface area contributed by atoms with Crippen molar-refractivity contribution in [3.8, 4) is 0 Å². The van der Waals surface area contributed by atoms with E-state index in [1.54, 1.807) is 0 Å². The molecule has 2 aliphatic rings. The van der Waals surface area contributed by atoms with Crippen molar-refractivity contribution in [1.29, 1.82) is 0 Å². The van der Waals surface area contributed by atoms with Crippen LogP contribution in [-0.4, -0.2) is 0 Å². The van der Waals surface area contributed by atoms with Crippen LogP contribution in [-0.2, 0) is 17.3 Å². The molecular weight excluding hydrogens is 319 g/mol. The first kappa shape index (κ1) is 17.8. The molecule has 1 atom stereocenters. The van der Waals surface area contributed by atoms with Crippen LogP contribution < -0.4 is 0 Å². The Morgan fingerprint density at radius 3 is 2.04 bits per heavy atom. The topological polar surface area (TPSA) is 0 Å². The highest BCUT2D eigenvalue weighted by Gasteiger charge is 2.47. The van der Waals surface area contributed by atoms with Gasteiger partial charge in [0.05, 0.1) is 0 Å². The van der Waals surface area contributed by atoms with Crippen LogP contribution >= 0.6 is 0 Å². The Morgan fingerprint density at radius 1 is 0.846 bits per heavy atom. The van der Waals surface area contributed by atoms with Crippen LogP contribution in [0.4, 0.5) is 4.39 Å². The van der Waals surface area contributed by atoms with Crippen molar-refractivity contribution >= 4 is 0 Å². The van der Waals surface area contributed by atoms with E-state index in [9.17, 15) is 4.39 Å². The van der Waals surface area contributed by atoms with Gasteiger partial charge < -0.3 is 0 Å². The molecule has 26 heavy (non-hydrogen) atoms. The zero-order valence-electron chi connectivity index (χ0n) is 16.4. The molecule has 0 bridgehead atoms. The molecule has 0 aliphatic heterocycles. The quantitative estimate of drug-likeness (QED) is 0.536. The summed E-state index contributed by atoms with van der Waals surface area (Å²) in [6.07, 6.45) is 6.99. The smallest absolute Gasteiger partial charge is 0.126 e. The molecule has 0 aromatic heterocycles. The molecule has 1 heteroatoms. The molecule has 2 aliphatic carbocycles. The Balaban J connectivity index is 1.56. The Bertz CT molecular complexity index is 766. The molecule has 1 unspecified atom stereocenters. The highest BCUT2D eigenvalue weighted by molar-refractivity contribution is 5.36. The maximum absolute atomic E-state index is 14.9. The van der Waals surface area contributed by atoms with E-state index in [1.165, 1.54) is 43.2 Å². The maximum Gasteiger partial charge on any atom is 0.126 e. The van der Waals surface area contributed by atoms with Crippen molar-refractivity contribution in [2.24, 2.45) is 11.8 Å². The van der Waals surface area contributed by atoms with E-state index < -0.39 is 0 Å². The lowest BCUT2D eigenvalue weighted by Gasteiger charge is -2.47. The van der Waals surface area contributed by atoms with Gasteiger partial charge in [0.2, 0.25) is 0 Å². The fourth-order valence-electron chi connectivity index (χ4n) is 5.28. The van der Waals surface area contributed by atoms with Gasteiger partial charge in [0.25, 0.3) is 0 Å². The summed E-state index contributed by atoms with van der Waals surface area (Å²) in [5.41, 5.74) is 4.02. The zero-order chi connectivity index (χ0) is 18.4. The summed E-state index contributed by atoms with van der Waals surface area (Å²) < 4.78 is 14.9. The summed E-state index contributed by atoms with van der Waals surface area (Å²) in [5, 5.41) is 0.